The molecule has 0 saturated heterocycles. The Balaban J connectivity index is 2.17. The summed E-state index contributed by atoms with van der Waals surface area (Å²) in [6.07, 6.45) is 2.05. The van der Waals surface area contributed by atoms with Crippen LogP contribution in [-0.4, -0.2) is 20.9 Å². The van der Waals surface area contributed by atoms with Gasteiger partial charge in [-0.25, -0.2) is 8.42 Å². The van der Waals surface area contributed by atoms with E-state index in [1.165, 1.54) is 0 Å². The second-order valence-corrected chi connectivity index (χ2v) is 7.01. The fourth-order valence-electron chi connectivity index (χ4n) is 2.21. The van der Waals surface area contributed by atoms with Crippen molar-refractivity contribution < 1.29 is 13.2 Å². The molecule has 0 amide bonds. The van der Waals surface area contributed by atoms with Crippen molar-refractivity contribution in [3.8, 4) is 5.75 Å². The smallest absolute Gasteiger partial charge is 0.259 e. The highest BCUT2D eigenvalue weighted by atomic mass is 32.2. The van der Waals surface area contributed by atoms with Crippen LogP contribution in [0.25, 0.3) is 0 Å². The van der Waals surface area contributed by atoms with E-state index in [9.17, 15) is 8.42 Å². The van der Waals surface area contributed by atoms with Gasteiger partial charge in [-0.2, -0.15) is 0 Å². The Labute approximate surface area is 119 Å². The number of fused-ring (bicyclic) bond motifs is 1. The number of rotatable bonds is 5. The van der Waals surface area contributed by atoms with Gasteiger partial charge in [0.25, 0.3) is 10.0 Å². The molecule has 0 atom stereocenters. The number of sulfonamides is 1. The molecule has 6 heteroatoms. The molecule has 0 spiro atoms. The molecule has 20 heavy (non-hydrogen) atoms. The van der Waals surface area contributed by atoms with Crippen LogP contribution in [0.3, 0.4) is 0 Å². The lowest BCUT2D eigenvalue weighted by Gasteiger charge is -2.18. The van der Waals surface area contributed by atoms with Crippen molar-refractivity contribution in [3.63, 3.8) is 0 Å². The van der Waals surface area contributed by atoms with Crippen molar-refractivity contribution in [2.75, 3.05) is 6.61 Å². The van der Waals surface area contributed by atoms with Gasteiger partial charge in [0.2, 0.25) is 0 Å². The second kappa shape index (κ2) is 5.83. The Bertz CT molecular complexity index is 621. The summed E-state index contributed by atoms with van der Waals surface area (Å²) < 4.78 is 32.4. The Morgan fingerprint density at radius 2 is 2.15 bits per heavy atom. The number of nitrogens with two attached hydrogens (primary N) is 1. The third kappa shape index (κ3) is 3.50. The molecule has 110 valence electrons. The normalized spacial score (nSPS) is 16.6. The van der Waals surface area contributed by atoms with Gasteiger partial charge >= 0.3 is 0 Å². The Kier molecular flexibility index (Phi) is 4.32. The largest absolute Gasteiger partial charge is 0.493 e. The van der Waals surface area contributed by atoms with Gasteiger partial charge < -0.3 is 10.5 Å². The molecule has 0 unspecified atom stereocenters. The standard InChI is InChI=1S/C14H20N2O3S/c1-10(2)5-4-8-19-12-7-3-6-11-9-20(17,18)16-14(15)13(11)12/h3,6-7,10H,4-5,8-9H2,1-2H3,(H2,15,16). The van der Waals surface area contributed by atoms with Gasteiger partial charge in [-0.3, -0.25) is 0 Å². The minimum atomic E-state index is -3.49. The first-order valence-corrected chi connectivity index (χ1v) is 8.33. The van der Waals surface area contributed by atoms with Gasteiger partial charge in [0.1, 0.15) is 11.6 Å². The molecular formula is C14H20N2O3S. The van der Waals surface area contributed by atoms with E-state index in [1.807, 2.05) is 0 Å². The number of ether oxygens (including phenoxy) is 1. The quantitative estimate of drug-likeness (QED) is 0.843. The maximum atomic E-state index is 11.6. The van der Waals surface area contributed by atoms with Crippen LogP contribution in [-0.2, 0) is 15.8 Å². The van der Waals surface area contributed by atoms with E-state index >= 15 is 0 Å². The fraction of sp³-hybridized carbons (Fsp3) is 0.500. The van der Waals surface area contributed by atoms with Crippen LogP contribution in [0.5, 0.6) is 5.75 Å². The zero-order chi connectivity index (χ0) is 14.8. The van der Waals surface area contributed by atoms with Gasteiger partial charge in [0.15, 0.2) is 0 Å². The first-order valence-electron chi connectivity index (χ1n) is 6.72. The molecule has 5 nitrogen and oxygen atoms in total. The number of nitrogens with zero attached hydrogens (tertiary/aromatic N) is 1. The lowest BCUT2D eigenvalue weighted by molar-refractivity contribution is 0.297. The van der Waals surface area contributed by atoms with Gasteiger partial charge in [-0.15, -0.1) is 4.40 Å². The van der Waals surface area contributed by atoms with Crippen molar-refractivity contribution in [1.29, 1.82) is 0 Å². The average molecular weight is 296 g/mol. The molecule has 0 fully saturated rings. The minimum absolute atomic E-state index is 0.0192. The van der Waals surface area contributed by atoms with Crippen molar-refractivity contribution in [2.45, 2.75) is 32.4 Å². The van der Waals surface area contributed by atoms with E-state index in [0.29, 0.717) is 29.4 Å². The van der Waals surface area contributed by atoms with Crippen molar-refractivity contribution in [2.24, 2.45) is 16.0 Å². The molecule has 1 heterocycles. The van der Waals surface area contributed by atoms with Gasteiger partial charge in [0.05, 0.1) is 17.9 Å². The molecule has 0 saturated carbocycles. The zero-order valence-electron chi connectivity index (χ0n) is 11.8. The van der Waals surface area contributed by atoms with Gasteiger partial charge in [-0.1, -0.05) is 26.0 Å². The monoisotopic (exact) mass is 296 g/mol. The van der Waals surface area contributed by atoms with E-state index < -0.39 is 10.0 Å². The molecule has 0 aromatic heterocycles. The van der Waals surface area contributed by atoms with Crippen LogP contribution in [0.2, 0.25) is 0 Å². The summed E-state index contributed by atoms with van der Waals surface area (Å²) in [5.74, 6) is 1.15. The predicted octanol–water partition coefficient (Wildman–Crippen LogP) is 2.05. The maximum Gasteiger partial charge on any atom is 0.259 e. The van der Waals surface area contributed by atoms with E-state index in [0.717, 1.165) is 12.8 Å². The first kappa shape index (κ1) is 14.8. The lowest BCUT2D eigenvalue weighted by Crippen LogP contribution is -2.24. The van der Waals surface area contributed by atoms with E-state index in [1.54, 1.807) is 18.2 Å². The number of hydrogen-bond acceptors (Lipinski definition) is 4. The summed E-state index contributed by atoms with van der Waals surface area (Å²) in [7, 11) is -3.49. The Morgan fingerprint density at radius 3 is 2.85 bits per heavy atom. The van der Waals surface area contributed by atoms with Crippen LogP contribution in [0.4, 0.5) is 0 Å². The van der Waals surface area contributed by atoms with Crippen LogP contribution in [0.1, 0.15) is 37.8 Å². The Morgan fingerprint density at radius 1 is 1.40 bits per heavy atom. The van der Waals surface area contributed by atoms with Crippen molar-refractivity contribution in [1.82, 2.24) is 0 Å². The van der Waals surface area contributed by atoms with Crippen LogP contribution in [0.15, 0.2) is 22.6 Å². The van der Waals surface area contributed by atoms with Crippen LogP contribution >= 0.6 is 0 Å². The number of benzene rings is 1. The summed E-state index contributed by atoms with van der Waals surface area (Å²) in [6.45, 7) is 4.93. The van der Waals surface area contributed by atoms with Crippen molar-refractivity contribution >= 4 is 15.9 Å². The van der Waals surface area contributed by atoms with E-state index in [4.69, 9.17) is 10.5 Å². The molecule has 1 aromatic carbocycles. The topological polar surface area (TPSA) is 81.8 Å². The van der Waals surface area contributed by atoms with E-state index in [-0.39, 0.29) is 11.6 Å². The molecule has 0 bridgehead atoms. The SMILES string of the molecule is CC(C)CCCOc1cccc2c1C(N)=NS(=O)(=O)C2. The van der Waals surface area contributed by atoms with Crippen molar-refractivity contribution in [3.05, 3.63) is 29.3 Å². The minimum Gasteiger partial charge on any atom is -0.493 e. The Hall–Kier alpha value is -1.56. The maximum absolute atomic E-state index is 11.6. The third-order valence-electron chi connectivity index (χ3n) is 3.13. The summed E-state index contributed by atoms with van der Waals surface area (Å²) in [5, 5.41) is 0. The molecule has 1 aliphatic rings. The lowest BCUT2D eigenvalue weighted by atomic mass is 10.1. The zero-order valence-corrected chi connectivity index (χ0v) is 12.6. The second-order valence-electron chi connectivity index (χ2n) is 5.38. The molecule has 0 radical (unpaired) electrons. The third-order valence-corrected chi connectivity index (χ3v) is 4.28. The molecular weight excluding hydrogens is 276 g/mol. The highest BCUT2D eigenvalue weighted by molar-refractivity contribution is 7.89. The fourth-order valence-corrected chi connectivity index (χ4v) is 3.29. The summed E-state index contributed by atoms with van der Waals surface area (Å²) in [6, 6.07) is 5.33. The first-order chi connectivity index (χ1) is 9.39. The molecule has 2 N–H and O–H groups in total. The van der Waals surface area contributed by atoms with Gasteiger partial charge in [-0.05, 0) is 30.4 Å². The summed E-state index contributed by atoms with van der Waals surface area (Å²) in [5.41, 5.74) is 7.04. The number of amidine groups is 1. The highest BCUT2D eigenvalue weighted by Crippen LogP contribution is 2.28. The molecule has 2 rings (SSSR count). The van der Waals surface area contributed by atoms with Gasteiger partial charge in [0, 0.05) is 0 Å². The summed E-state index contributed by atoms with van der Waals surface area (Å²) >= 11 is 0. The molecule has 1 aromatic rings. The number of hydrogen-bond donors (Lipinski definition) is 1. The molecule has 0 aliphatic carbocycles. The predicted molar refractivity (Wildman–Crippen MR) is 79.4 cm³/mol. The van der Waals surface area contributed by atoms with E-state index in [2.05, 4.69) is 18.2 Å². The summed E-state index contributed by atoms with van der Waals surface area (Å²) in [4.78, 5) is 0. The highest BCUT2D eigenvalue weighted by Gasteiger charge is 2.24. The molecule has 1 aliphatic heterocycles. The van der Waals surface area contributed by atoms with Crippen LogP contribution in [0, 0.1) is 5.92 Å². The average Bonchev–Trinajstić information content (AvgIpc) is 2.32. The van der Waals surface area contributed by atoms with Crippen LogP contribution < -0.4 is 10.5 Å².